The molecule has 1 rings (SSSR count). The molecule has 1 saturated carbocycles. The number of hydrogen-bond donors (Lipinski definition) is 0. The van der Waals surface area contributed by atoms with Crippen LogP contribution in [0.3, 0.4) is 0 Å². The van der Waals surface area contributed by atoms with Gasteiger partial charge in [-0.05, 0) is 32.1 Å². The summed E-state index contributed by atoms with van der Waals surface area (Å²) in [6.45, 7) is 4.43. The molecule has 70 valence electrons. The topological polar surface area (TPSA) is 0 Å². The van der Waals surface area contributed by atoms with Gasteiger partial charge in [0, 0.05) is 0 Å². The first kappa shape index (κ1) is 9.83. The van der Waals surface area contributed by atoms with E-state index in [2.05, 4.69) is 19.9 Å². The summed E-state index contributed by atoms with van der Waals surface area (Å²) in [6, 6.07) is 0. The van der Waals surface area contributed by atoms with E-state index in [4.69, 9.17) is 0 Å². The molecule has 0 heteroatoms. The maximum atomic E-state index is 2.29. The van der Waals surface area contributed by atoms with Gasteiger partial charge in [0.1, 0.15) is 0 Å². The highest BCUT2D eigenvalue weighted by Gasteiger charge is 2.16. The van der Waals surface area contributed by atoms with Gasteiger partial charge in [0.15, 0.2) is 0 Å². The minimum absolute atomic E-state index is 1.10. The predicted octanol–water partition coefficient (Wildman–Crippen LogP) is 4.31. The molecule has 0 aromatic rings. The molecule has 0 amide bonds. The molecule has 0 nitrogen and oxygen atoms in total. The first-order chi connectivity index (χ1) is 5.86. The lowest BCUT2D eigenvalue weighted by Gasteiger charge is -2.25. The average Bonchev–Trinajstić information content (AvgIpc) is 2.02. The van der Waals surface area contributed by atoms with E-state index >= 15 is 0 Å². The number of hydrogen-bond acceptors (Lipinski definition) is 0. The Bertz CT molecular complexity index is 140. The average molecular weight is 166 g/mol. The second-order valence-corrected chi connectivity index (χ2v) is 3.99. The summed E-state index contributed by atoms with van der Waals surface area (Å²) < 4.78 is 0. The van der Waals surface area contributed by atoms with Crippen LogP contribution in [-0.4, -0.2) is 0 Å². The van der Waals surface area contributed by atoms with Crippen LogP contribution in [0.15, 0.2) is 11.6 Å². The van der Waals surface area contributed by atoms with E-state index in [9.17, 15) is 0 Å². The lowest BCUT2D eigenvalue weighted by Crippen LogP contribution is -2.10. The first-order valence-corrected chi connectivity index (χ1v) is 5.50. The number of rotatable bonds is 5. The summed E-state index contributed by atoms with van der Waals surface area (Å²) in [6.07, 6.45) is 12.3. The van der Waals surface area contributed by atoms with E-state index in [0.29, 0.717) is 0 Å². The zero-order chi connectivity index (χ0) is 8.81. The fourth-order valence-corrected chi connectivity index (χ4v) is 1.92. The second-order valence-electron chi connectivity index (χ2n) is 3.99. The molecule has 0 saturated heterocycles. The molecule has 0 aromatic heterocycles. The Balaban J connectivity index is 2.00. The van der Waals surface area contributed by atoms with E-state index in [1.54, 1.807) is 5.57 Å². The van der Waals surface area contributed by atoms with Gasteiger partial charge < -0.3 is 0 Å². The molecule has 0 unspecified atom stereocenters. The fourth-order valence-electron chi connectivity index (χ4n) is 1.92. The van der Waals surface area contributed by atoms with Crippen molar-refractivity contribution in [1.82, 2.24) is 0 Å². The largest absolute Gasteiger partial charge is 0.0885 e. The van der Waals surface area contributed by atoms with Gasteiger partial charge in [0.2, 0.25) is 0 Å². The summed E-state index contributed by atoms with van der Waals surface area (Å²) in [5, 5.41) is 0. The highest BCUT2D eigenvalue weighted by atomic mass is 14.2. The van der Waals surface area contributed by atoms with Crippen LogP contribution in [0.1, 0.15) is 58.8 Å². The van der Waals surface area contributed by atoms with Crippen LogP contribution in [0.4, 0.5) is 0 Å². The zero-order valence-corrected chi connectivity index (χ0v) is 8.60. The molecular formula is C12H22. The van der Waals surface area contributed by atoms with Crippen molar-refractivity contribution in [2.45, 2.75) is 58.8 Å². The van der Waals surface area contributed by atoms with Gasteiger partial charge in [-0.1, -0.05) is 44.3 Å². The third kappa shape index (κ3) is 3.00. The summed E-state index contributed by atoms with van der Waals surface area (Å²) in [5.41, 5.74) is 1.65. The summed E-state index contributed by atoms with van der Waals surface area (Å²) in [5.74, 6) is 1.10. The van der Waals surface area contributed by atoms with Crippen LogP contribution in [0.25, 0.3) is 0 Å². The molecule has 0 atom stereocenters. The Morgan fingerprint density at radius 2 is 2.17 bits per heavy atom. The van der Waals surface area contributed by atoms with Crippen molar-refractivity contribution < 1.29 is 0 Å². The van der Waals surface area contributed by atoms with E-state index in [-0.39, 0.29) is 0 Å². The Morgan fingerprint density at radius 3 is 2.58 bits per heavy atom. The summed E-state index contributed by atoms with van der Waals surface area (Å²) >= 11 is 0. The molecule has 0 bridgehead atoms. The summed E-state index contributed by atoms with van der Waals surface area (Å²) in [4.78, 5) is 0. The van der Waals surface area contributed by atoms with Gasteiger partial charge in [-0.3, -0.25) is 0 Å². The Morgan fingerprint density at radius 1 is 1.42 bits per heavy atom. The van der Waals surface area contributed by atoms with Gasteiger partial charge >= 0.3 is 0 Å². The van der Waals surface area contributed by atoms with Crippen molar-refractivity contribution in [3.8, 4) is 0 Å². The van der Waals surface area contributed by atoms with E-state index < -0.39 is 0 Å². The van der Waals surface area contributed by atoms with Crippen molar-refractivity contribution in [2.75, 3.05) is 0 Å². The van der Waals surface area contributed by atoms with E-state index in [1.165, 1.54) is 44.9 Å². The minimum Gasteiger partial charge on any atom is -0.0885 e. The van der Waals surface area contributed by atoms with Crippen molar-refractivity contribution in [3.63, 3.8) is 0 Å². The molecule has 0 aromatic carbocycles. The minimum atomic E-state index is 1.10. The fraction of sp³-hybridized carbons (Fsp3) is 0.833. The normalized spacial score (nSPS) is 19.3. The van der Waals surface area contributed by atoms with Crippen LogP contribution in [0, 0.1) is 5.92 Å². The Hall–Kier alpha value is -0.260. The molecule has 0 radical (unpaired) electrons. The molecule has 0 heterocycles. The van der Waals surface area contributed by atoms with Gasteiger partial charge in [0.25, 0.3) is 0 Å². The first-order valence-electron chi connectivity index (χ1n) is 5.50. The van der Waals surface area contributed by atoms with Crippen LogP contribution >= 0.6 is 0 Å². The standard InChI is InChI=1S/C12H22/c1-3-11(4-2)7-5-8-12-9-6-10-12/h3,12H,4-10H2,1-2H3. The monoisotopic (exact) mass is 166 g/mol. The quantitative estimate of drug-likeness (QED) is 0.534. The maximum Gasteiger partial charge on any atom is -0.0320 e. The third-order valence-corrected chi connectivity index (χ3v) is 3.20. The smallest absolute Gasteiger partial charge is 0.0320 e. The summed E-state index contributed by atoms with van der Waals surface area (Å²) in [7, 11) is 0. The molecule has 0 aliphatic heterocycles. The van der Waals surface area contributed by atoms with Gasteiger partial charge in [-0.25, -0.2) is 0 Å². The van der Waals surface area contributed by atoms with Crippen LogP contribution in [0.2, 0.25) is 0 Å². The molecule has 1 fully saturated rings. The van der Waals surface area contributed by atoms with Crippen LogP contribution in [-0.2, 0) is 0 Å². The molecule has 1 aliphatic carbocycles. The van der Waals surface area contributed by atoms with Crippen molar-refractivity contribution in [3.05, 3.63) is 11.6 Å². The Labute approximate surface area is 77.1 Å². The zero-order valence-electron chi connectivity index (χ0n) is 8.60. The van der Waals surface area contributed by atoms with Gasteiger partial charge in [-0.2, -0.15) is 0 Å². The van der Waals surface area contributed by atoms with Crippen molar-refractivity contribution in [1.29, 1.82) is 0 Å². The maximum absolute atomic E-state index is 2.29. The SMILES string of the molecule is CC=C(CC)CCCC1CCC1. The molecule has 12 heavy (non-hydrogen) atoms. The van der Waals surface area contributed by atoms with Crippen LogP contribution < -0.4 is 0 Å². The van der Waals surface area contributed by atoms with E-state index in [0.717, 1.165) is 5.92 Å². The van der Waals surface area contributed by atoms with Crippen LogP contribution in [0.5, 0.6) is 0 Å². The lowest BCUT2D eigenvalue weighted by molar-refractivity contribution is 0.290. The highest BCUT2D eigenvalue weighted by molar-refractivity contribution is 4.98. The third-order valence-electron chi connectivity index (χ3n) is 3.20. The molecule has 0 N–H and O–H groups in total. The number of allylic oxidation sites excluding steroid dienone is 2. The van der Waals surface area contributed by atoms with Crippen molar-refractivity contribution >= 4 is 0 Å². The van der Waals surface area contributed by atoms with Crippen molar-refractivity contribution in [2.24, 2.45) is 5.92 Å². The molecular weight excluding hydrogens is 144 g/mol. The molecule has 0 spiro atoms. The highest BCUT2D eigenvalue weighted by Crippen LogP contribution is 2.31. The molecule has 1 aliphatic rings. The van der Waals surface area contributed by atoms with Gasteiger partial charge in [-0.15, -0.1) is 0 Å². The van der Waals surface area contributed by atoms with E-state index in [1.807, 2.05) is 0 Å². The second kappa shape index (κ2) is 5.40. The lowest BCUT2D eigenvalue weighted by atomic mass is 9.81. The Kier molecular flexibility index (Phi) is 4.42. The van der Waals surface area contributed by atoms with Gasteiger partial charge in [0.05, 0.1) is 0 Å². The predicted molar refractivity (Wildman–Crippen MR) is 55.2 cm³/mol.